The van der Waals surface area contributed by atoms with Crippen LogP contribution < -0.4 is 5.32 Å². The van der Waals surface area contributed by atoms with Crippen molar-refractivity contribution in [3.05, 3.63) is 22.8 Å². The van der Waals surface area contributed by atoms with Crippen LogP contribution in [0.25, 0.3) is 0 Å². The second-order valence-electron chi connectivity index (χ2n) is 5.68. The molecule has 0 amide bonds. The standard InChI is InChI=1S/C14H17ClN2O2/c15-12-5-11(14(18)19)7-17-13(12)16-6-10-4-8-1-2-9(10)3-8/h5,7-10H,1-4,6H2,(H,16,17)(H,18,19). The van der Waals surface area contributed by atoms with Crippen LogP contribution >= 0.6 is 11.6 Å². The van der Waals surface area contributed by atoms with E-state index < -0.39 is 5.97 Å². The largest absolute Gasteiger partial charge is 0.478 e. The van der Waals surface area contributed by atoms with Gasteiger partial charge in [0, 0.05) is 12.7 Å². The van der Waals surface area contributed by atoms with Crippen LogP contribution in [-0.2, 0) is 0 Å². The fraction of sp³-hybridized carbons (Fsp3) is 0.571. The number of fused-ring (bicyclic) bond motifs is 2. The first-order chi connectivity index (χ1) is 9.13. The first kappa shape index (κ1) is 12.7. The summed E-state index contributed by atoms with van der Waals surface area (Å²) >= 11 is 6.05. The quantitative estimate of drug-likeness (QED) is 0.888. The van der Waals surface area contributed by atoms with E-state index in [1.807, 2.05) is 0 Å². The Kier molecular flexibility index (Phi) is 3.35. The lowest BCUT2D eigenvalue weighted by Crippen LogP contribution is -2.20. The van der Waals surface area contributed by atoms with Gasteiger partial charge in [-0.25, -0.2) is 9.78 Å². The lowest BCUT2D eigenvalue weighted by Gasteiger charge is -2.22. The molecule has 5 heteroatoms. The second-order valence-corrected chi connectivity index (χ2v) is 6.08. The first-order valence-corrected chi connectivity index (χ1v) is 7.14. The van der Waals surface area contributed by atoms with Gasteiger partial charge in [-0.3, -0.25) is 0 Å². The summed E-state index contributed by atoms with van der Waals surface area (Å²) < 4.78 is 0. The minimum atomic E-state index is -1.01. The summed E-state index contributed by atoms with van der Waals surface area (Å²) in [6, 6.07) is 1.44. The number of nitrogens with zero attached hydrogens (tertiary/aromatic N) is 1. The molecule has 0 aromatic carbocycles. The molecule has 2 aliphatic carbocycles. The number of carboxylic acids is 1. The maximum absolute atomic E-state index is 10.8. The van der Waals surface area contributed by atoms with Crippen LogP contribution in [0.4, 0.5) is 5.82 Å². The molecule has 3 unspecified atom stereocenters. The van der Waals surface area contributed by atoms with Gasteiger partial charge in [0.05, 0.1) is 10.6 Å². The minimum absolute atomic E-state index is 0.121. The summed E-state index contributed by atoms with van der Waals surface area (Å²) in [5, 5.41) is 12.5. The molecule has 0 radical (unpaired) electrons. The molecule has 2 aliphatic rings. The van der Waals surface area contributed by atoms with Crippen molar-refractivity contribution < 1.29 is 9.90 Å². The van der Waals surface area contributed by atoms with Crippen molar-refractivity contribution in [3.8, 4) is 0 Å². The topological polar surface area (TPSA) is 62.2 Å². The molecule has 2 N–H and O–H groups in total. The Morgan fingerprint density at radius 1 is 1.47 bits per heavy atom. The maximum atomic E-state index is 10.8. The highest BCUT2D eigenvalue weighted by Crippen LogP contribution is 2.48. The van der Waals surface area contributed by atoms with E-state index in [-0.39, 0.29) is 5.56 Å². The highest BCUT2D eigenvalue weighted by Gasteiger charge is 2.39. The number of pyridine rings is 1. The number of aromatic carboxylic acids is 1. The van der Waals surface area contributed by atoms with Crippen LogP contribution in [0.15, 0.2) is 12.3 Å². The summed E-state index contributed by atoms with van der Waals surface area (Å²) in [5.41, 5.74) is 0.121. The van der Waals surface area contributed by atoms with Gasteiger partial charge in [0.2, 0.25) is 0 Å². The summed E-state index contributed by atoms with van der Waals surface area (Å²) in [7, 11) is 0. The smallest absolute Gasteiger partial charge is 0.337 e. The minimum Gasteiger partial charge on any atom is -0.478 e. The van der Waals surface area contributed by atoms with Gasteiger partial charge in [-0.05, 0) is 43.1 Å². The maximum Gasteiger partial charge on any atom is 0.337 e. The van der Waals surface area contributed by atoms with Crippen LogP contribution in [-0.4, -0.2) is 22.6 Å². The van der Waals surface area contributed by atoms with Crippen LogP contribution in [0.3, 0.4) is 0 Å². The van der Waals surface area contributed by atoms with Gasteiger partial charge in [0.25, 0.3) is 0 Å². The SMILES string of the molecule is O=C(O)c1cnc(NCC2CC3CCC2C3)c(Cl)c1. The number of aromatic nitrogens is 1. The van der Waals surface area contributed by atoms with Crippen LogP contribution in [0.1, 0.15) is 36.0 Å². The molecule has 2 fully saturated rings. The molecule has 2 bridgehead atoms. The molecule has 3 rings (SSSR count). The Hall–Kier alpha value is -1.29. The van der Waals surface area contributed by atoms with E-state index in [0.717, 1.165) is 24.3 Å². The van der Waals surface area contributed by atoms with Gasteiger partial charge in [0.15, 0.2) is 0 Å². The third-order valence-corrected chi connectivity index (χ3v) is 4.79. The number of halogens is 1. The van der Waals surface area contributed by atoms with E-state index in [0.29, 0.717) is 10.8 Å². The van der Waals surface area contributed by atoms with Gasteiger partial charge in [-0.15, -0.1) is 0 Å². The number of hydrogen-bond donors (Lipinski definition) is 2. The fourth-order valence-corrected chi connectivity index (χ4v) is 3.77. The molecule has 1 aromatic heterocycles. The number of anilines is 1. The van der Waals surface area contributed by atoms with Gasteiger partial charge in [-0.2, -0.15) is 0 Å². The average molecular weight is 281 g/mol. The molecule has 1 aromatic rings. The highest BCUT2D eigenvalue weighted by molar-refractivity contribution is 6.33. The molecule has 3 atom stereocenters. The zero-order valence-electron chi connectivity index (χ0n) is 10.6. The average Bonchev–Trinajstić information content (AvgIpc) is 2.99. The number of rotatable bonds is 4. The predicted octanol–water partition coefficient (Wildman–Crippen LogP) is 3.28. The highest BCUT2D eigenvalue weighted by atomic mass is 35.5. The van der Waals surface area contributed by atoms with Crippen LogP contribution in [0, 0.1) is 17.8 Å². The van der Waals surface area contributed by atoms with Crippen molar-refractivity contribution in [2.24, 2.45) is 17.8 Å². The Bertz CT molecular complexity index is 506. The van der Waals surface area contributed by atoms with E-state index in [1.54, 1.807) is 0 Å². The summed E-state index contributed by atoms with van der Waals surface area (Å²) in [5.74, 6) is 2.09. The summed E-state index contributed by atoms with van der Waals surface area (Å²) in [6.45, 7) is 0.889. The normalized spacial score (nSPS) is 28.6. The monoisotopic (exact) mass is 280 g/mol. The van der Waals surface area contributed by atoms with Gasteiger partial charge >= 0.3 is 5.97 Å². The van der Waals surface area contributed by atoms with Crippen molar-refractivity contribution in [2.75, 3.05) is 11.9 Å². The molecule has 2 saturated carbocycles. The molecule has 4 nitrogen and oxygen atoms in total. The number of hydrogen-bond acceptors (Lipinski definition) is 3. The molecule has 0 aliphatic heterocycles. The third-order valence-electron chi connectivity index (χ3n) is 4.50. The van der Waals surface area contributed by atoms with Crippen molar-refractivity contribution in [1.82, 2.24) is 4.98 Å². The van der Waals surface area contributed by atoms with Crippen molar-refractivity contribution in [3.63, 3.8) is 0 Å². The van der Waals surface area contributed by atoms with Gasteiger partial charge in [0.1, 0.15) is 5.82 Å². The summed E-state index contributed by atoms with van der Waals surface area (Å²) in [6.07, 6.45) is 6.79. The molecule has 0 spiro atoms. The Balaban J connectivity index is 1.62. The molecule has 19 heavy (non-hydrogen) atoms. The van der Waals surface area contributed by atoms with E-state index in [1.165, 1.54) is 37.9 Å². The van der Waals surface area contributed by atoms with E-state index >= 15 is 0 Å². The van der Waals surface area contributed by atoms with Gasteiger partial charge in [-0.1, -0.05) is 18.0 Å². The lowest BCUT2D eigenvalue weighted by atomic mass is 9.89. The molecule has 1 heterocycles. The second kappa shape index (κ2) is 5.00. The van der Waals surface area contributed by atoms with Crippen LogP contribution in [0.2, 0.25) is 5.02 Å². The van der Waals surface area contributed by atoms with E-state index in [2.05, 4.69) is 10.3 Å². The molecule has 0 saturated heterocycles. The molecular formula is C14H17ClN2O2. The van der Waals surface area contributed by atoms with Crippen molar-refractivity contribution >= 4 is 23.4 Å². The summed E-state index contributed by atoms with van der Waals surface area (Å²) in [4.78, 5) is 14.9. The molecular weight excluding hydrogens is 264 g/mol. The Morgan fingerprint density at radius 2 is 2.32 bits per heavy atom. The van der Waals surface area contributed by atoms with Gasteiger partial charge < -0.3 is 10.4 Å². The lowest BCUT2D eigenvalue weighted by molar-refractivity contribution is 0.0696. The number of nitrogens with one attached hydrogen (secondary N) is 1. The van der Waals surface area contributed by atoms with E-state index in [4.69, 9.17) is 16.7 Å². The Labute approximate surface area is 117 Å². The van der Waals surface area contributed by atoms with E-state index in [9.17, 15) is 4.79 Å². The van der Waals surface area contributed by atoms with Crippen LogP contribution in [0.5, 0.6) is 0 Å². The Morgan fingerprint density at radius 3 is 2.89 bits per heavy atom. The third kappa shape index (κ3) is 2.54. The number of carboxylic acid groups (broad SMARTS) is 1. The molecule has 102 valence electrons. The first-order valence-electron chi connectivity index (χ1n) is 6.76. The zero-order chi connectivity index (χ0) is 13.4. The fourth-order valence-electron chi connectivity index (χ4n) is 3.54. The predicted molar refractivity (Wildman–Crippen MR) is 73.6 cm³/mol. The van der Waals surface area contributed by atoms with Crippen molar-refractivity contribution in [1.29, 1.82) is 0 Å². The van der Waals surface area contributed by atoms with Crippen molar-refractivity contribution in [2.45, 2.75) is 25.7 Å². The number of carbonyl (C=O) groups is 1. The zero-order valence-corrected chi connectivity index (χ0v) is 11.4.